The van der Waals surface area contributed by atoms with E-state index >= 15 is 0 Å². The van der Waals surface area contributed by atoms with Crippen LogP contribution in [0.5, 0.6) is 0 Å². The van der Waals surface area contributed by atoms with Gasteiger partial charge in [0.1, 0.15) is 0 Å². The first-order valence-electron chi connectivity index (χ1n) is 5.25. The van der Waals surface area contributed by atoms with Gasteiger partial charge in [-0.3, -0.25) is 0 Å². The maximum Gasteiger partial charge on any atom is 0.151 e. The van der Waals surface area contributed by atoms with Gasteiger partial charge in [-0.05, 0) is 40.5 Å². The van der Waals surface area contributed by atoms with E-state index in [1.807, 2.05) is 13.0 Å². The molecule has 0 heterocycles. The number of halogens is 2. The zero-order chi connectivity index (χ0) is 13.1. The van der Waals surface area contributed by atoms with Gasteiger partial charge in [0.15, 0.2) is 9.84 Å². The van der Waals surface area contributed by atoms with Crippen LogP contribution in [0.2, 0.25) is 5.02 Å². The molecule has 0 spiro atoms. The van der Waals surface area contributed by atoms with Crippen molar-refractivity contribution in [1.82, 2.24) is 0 Å². The second-order valence-electron chi connectivity index (χ2n) is 3.74. The van der Waals surface area contributed by atoms with Crippen molar-refractivity contribution in [1.29, 1.82) is 0 Å². The Morgan fingerprint density at radius 1 is 1.41 bits per heavy atom. The summed E-state index contributed by atoms with van der Waals surface area (Å²) >= 11 is 9.41. The number of anilines is 1. The Kier molecular flexibility index (Phi) is 5.28. The standard InChI is InChI=1S/C11H15BrClNO2S/c1-3-17(15,16)5-4-14-11-7-10(13)8(2)6-9(11)12/h6-7,14H,3-5H2,1-2H3. The van der Waals surface area contributed by atoms with E-state index in [0.717, 1.165) is 15.7 Å². The molecule has 1 rings (SSSR count). The van der Waals surface area contributed by atoms with Crippen LogP contribution in [0, 0.1) is 6.92 Å². The molecule has 1 aromatic carbocycles. The Labute approximate surface area is 116 Å². The van der Waals surface area contributed by atoms with Crippen LogP contribution in [0.1, 0.15) is 12.5 Å². The molecular weight excluding hydrogens is 326 g/mol. The fourth-order valence-corrected chi connectivity index (χ4v) is 2.73. The Bertz CT molecular complexity index is 502. The second-order valence-corrected chi connectivity index (χ2v) is 7.48. The summed E-state index contributed by atoms with van der Waals surface area (Å²) < 4.78 is 23.5. The summed E-state index contributed by atoms with van der Waals surface area (Å²) in [6, 6.07) is 3.69. The lowest BCUT2D eigenvalue weighted by atomic mass is 10.2. The van der Waals surface area contributed by atoms with Crippen molar-refractivity contribution < 1.29 is 8.42 Å². The molecule has 0 saturated heterocycles. The highest BCUT2D eigenvalue weighted by Crippen LogP contribution is 2.28. The number of nitrogens with one attached hydrogen (secondary N) is 1. The number of hydrogen-bond acceptors (Lipinski definition) is 3. The molecule has 1 N–H and O–H groups in total. The highest BCUT2D eigenvalue weighted by atomic mass is 79.9. The van der Waals surface area contributed by atoms with Gasteiger partial charge >= 0.3 is 0 Å². The van der Waals surface area contributed by atoms with Crippen LogP contribution in [0.3, 0.4) is 0 Å². The SMILES string of the molecule is CCS(=O)(=O)CCNc1cc(Cl)c(C)cc1Br. The highest BCUT2D eigenvalue weighted by Gasteiger charge is 2.08. The third kappa shape index (κ3) is 4.48. The maximum atomic E-state index is 11.3. The van der Waals surface area contributed by atoms with E-state index < -0.39 is 9.84 Å². The van der Waals surface area contributed by atoms with E-state index in [0.29, 0.717) is 11.6 Å². The Morgan fingerprint density at radius 2 is 2.06 bits per heavy atom. The summed E-state index contributed by atoms with van der Waals surface area (Å²) in [6.45, 7) is 3.95. The molecule has 0 aliphatic carbocycles. The minimum absolute atomic E-state index is 0.126. The van der Waals surface area contributed by atoms with Crippen LogP contribution in [0.15, 0.2) is 16.6 Å². The van der Waals surface area contributed by atoms with E-state index in [1.165, 1.54) is 0 Å². The highest BCUT2D eigenvalue weighted by molar-refractivity contribution is 9.10. The van der Waals surface area contributed by atoms with E-state index in [1.54, 1.807) is 13.0 Å². The first-order chi connectivity index (χ1) is 7.85. The topological polar surface area (TPSA) is 46.2 Å². The minimum Gasteiger partial charge on any atom is -0.383 e. The quantitative estimate of drug-likeness (QED) is 0.895. The lowest BCUT2D eigenvalue weighted by molar-refractivity contribution is 0.597. The van der Waals surface area contributed by atoms with E-state index in [4.69, 9.17) is 11.6 Å². The molecular formula is C11H15BrClNO2S. The molecule has 0 radical (unpaired) electrons. The number of rotatable bonds is 5. The molecule has 0 amide bonds. The smallest absolute Gasteiger partial charge is 0.151 e. The third-order valence-electron chi connectivity index (χ3n) is 2.42. The van der Waals surface area contributed by atoms with Gasteiger partial charge in [0.05, 0.1) is 5.75 Å². The Hall–Kier alpha value is -0.260. The van der Waals surface area contributed by atoms with E-state index in [-0.39, 0.29) is 11.5 Å². The first-order valence-corrected chi connectivity index (χ1v) is 8.25. The van der Waals surface area contributed by atoms with Crippen molar-refractivity contribution >= 4 is 43.1 Å². The average Bonchev–Trinajstić information content (AvgIpc) is 2.25. The lowest BCUT2D eigenvalue weighted by Crippen LogP contribution is -2.17. The predicted octanol–water partition coefficient (Wildman–Crippen LogP) is 3.26. The fourth-order valence-electron chi connectivity index (χ4n) is 1.27. The van der Waals surface area contributed by atoms with Crippen LogP contribution in [-0.2, 0) is 9.84 Å². The van der Waals surface area contributed by atoms with Crippen molar-refractivity contribution in [2.24, 2.45) is 0 Å². The van der Waals surface area contributed by atoms with Gasteiger partial charge in [0.25, 0.3) is 0 Å². The molecule has 0 aliphatic rings. The predicted molar refractivity (Wildman–Crippen MR) is 76.7 cm³/mol. The molecule has 0 aliphatic heterocycles. The number of sulfone groups is 1. The molecule has 17 heavy (non-hydrogen) atoms. The molecule has 3 nitrogen and oxygen atoms in total. The number of hydrogen-bond donors (Lipinski definition) is 1. The third-order valence-corrected chi connectivity index (χ3v) is 5.19. The van der Waals surface area contributed by atoms with Crippen molar-refractivity contribution in [3.05, 3.63) is 27.2 Å². The van der Waals surface area contributed by atoms with Gasteiger partial charge in [-0.25, -0.2) is 8.42 Å². The zero-order valence-electron chi connectivity index (χ0n) is 9.76. The molecule has 0 unspecified atom stereocenters. The van der Waals surface area contributed by atoms with Gasteiger partial charge in [-0.1, -0.05) is 18.5 Å². The minimum atomic E-state index is -2.93. The van der Waals surface area contributed by atoms with Gasteiger partial charge in [0.2, 0.25) is 0 Å². The second kappa shape index (κ2) is 6.07. The average molecular weight is 341 g/mol. The largest absolute Gasteiger partial charge is 0.383 e. The van der Waals surface area contributed by atoms with Crippen LogP contribution < -0.4 is 5.32 Å². The normalized spacial score (nSPS) is 11.5. The Balaban J connectivity index is 2.68. The van der Waals surface area contributed by atoms with Crippen LogP contribution in [0.25, 0.3) is 0 Å². The monoisotopic (exact) mass is 339 g/mol. The fraction of sp³-hybridized carbons (Fsp3) is 0.455. The zero-order valence-corrected chi connectivity index (χ0v) is 12.9. The summed E-state index contributed by atoms with van der Waals surface area (Å²) in [6.07, 6.45) is 0. The van der Waals surface area contributed by atoms with E-state index in [2.05, 4.69) is 21.2 Å². The molecule has 0 saturated carbocycles. The molecule has 96 valence electrons. The summed E-state index contributed by atoms with van der Waals surface area (Å²) in [7, 11) is -2.93. The number of benzene rings is 1. The van der Waals surface area contributed by atoms with Crippen molar-refractivity contribution in [2.75, 3.05) is 23.4 Å². The van der Waals surface area contributed by atoms with Crippen molar-refractivity contribution in [3.8, 4) is 0 Å². The molecule has 0 atom stereocenters. The van der Waals surface area contributed by atoms with Crippen LogP contribution in [0.4, 0.5) is 5.69 Å². The van der Waals surface area contributed by atoms with Gasteiger partial charge < -0.3 is 5.32 Å². The van der Waals surface area contributed by atoms with Crippen LogP contribution in [-0.4, -0.2) is 26.5 Å². The Morgan fingerprint density at radius 3 is 2.65 bits per heavy atom. The van der Waals surface area contributed by atoms with Crippen molar-refractivity contribution in [3.63, 3.8) is 0 Å². The summed E-state index contributed by atoms with van der Waals surface area (Å²) in [5, 5.41) is 3.72. The maximum absolute atomic E-state index is 11.3. The first kappa shape index (κ1) is 14.8. The van der Waals surface area contributed by atoms with Gasteiger partial charge in [-0.2, -0.15) is 0 Å². The van der Waals surface area contributed by atoms with E-state index in [9.17, 15) is 8.42 Å². The van der Waals surface area contributed by atoms with Crippen LogP contribution >= 0.6 is 27.5 Å². The summed E-state index contributed by atoms with van der Waals surface area (Å²) in [4.78, 5) is 0. The van der Waals surface area contributed by atoms with Crippen molar-refractivity contribution in [2.45, 2.75) is 13.8 Å². The van der Waals surface area contributed by atoms with Gasteiger partial charge in [0, 0.05) is 27.5 Å². The van der Waals surface area contributed by atoms with Gasteiger partial charge in [-0.15, -0.1) is 0 Å². The molecule has 0 bridgehead atoms. The molecule has 1 aromatic rings. The molecule has 0 aromatic heterocycles. The molecule has 6 heteroatoms. The summed E-state index contributed by atoms with van der Waals surface area (Å²) in [5.74, 6) is 0.298. The lowest BCUT2D eigenvalue weighted by Gasteiger charge is -2.10. The summed E-state index contributed by atoms with van der Waals surface area (Å²) in [5.41, 5.74) is 1.79. The molecule has 0 fully saturated rings. The number of aryl methyl sites for hydroxylation is 1.